The minimum Gasteiger partial charge on any atom is -0.353 e. The largest absolute Gasteiger partial charge is 0.353 e. The number of carbonyl (C=O) groups is 1. The number of ketones is 1. The molecule has 0 fully saturated rings. The topological polar surface area (TPSA) is 103 Å². The van der Waals surface area contributed by atoms with Crippen molar-refractivity contribution in [2.45, 2.75) is 6.92 Å². The van der Waals surface area contributed by atoms with E-state index in [2.05, 4.69) is 48.6 Å². The van der Waals surface area contributed by atoms with Crippen LogP contribution in [-0.2, 0) is 0 Å². The summed E-state index contributed by atoms with van der Waals surface area (Å²) < 4.78 is 0. The zero-order valence-electron chi connectivity index (χ0n) is 16.4. The molecule has 0 aliphatic rings. The first-order chi connectivity index (χ1) is 15.2. The average molecular weight is 424 g/mol. The second-order valence-electron chi connectivity index (χ2n) is 7.34. The molecule has 0 bridgehead atoms. The minimum atomic E-state index is 0.0863. The Balaban J connectivity index is 1.50. The van der Waals surface area contributed by atoms with E-state index >= 15 is 0 Å². The highest BCUT2D eigenvalue weighted by molar-refractivity contribution is 7.17. The lowest BCUT2D eigenvalue weighted by atomic mass is 10.1. The van der Waals surface area contributed by atoms with Gasteiger partial charge < -0.3 is 4.98 Å². The lowest BCUT2D eigenvalue weighted by Crippen LogP contribution is -1.83. The van der Waals surface area contributed by atoms with E-state index < -0.39 is 0 Å². The maximum atomic E-state index is 11.7. The summed E-state index contributed by atoms with van der Waals surface area (Å²) in [5.74, 6) is 0.0863. The van der Waals surface area contributed by atoms with Crippen molar-refractivity contribution in [2.75, 3.05) is 0 Å². The van der Waals surface area contributed by atoms with E-state index in [1.807, 2.05) is 30.5 Å². The molecule has 6 rings (SSSR count). The molecule has 7 nitrogen and oxygen atoms in total. The SMILES string of the molecule is CC(=O)c1ccc(-c2cccc3[nH]c(-c4n[nH]c5cnc(-c6cn[nH]c6)cc45)cc23)s1. The number of nitrogens with zero attached hydrogens (tertiary/aromatic N) is 3. The van der Waals surface area contributed by atoms with Gasteiger partial charge in [0, 0.05) is 38.5 Å². The number of rotatable bonds is 4. The first kappa shape index (κ1) is 17.8. The molecule has 5 aromatic heterocycles. The number of benzene rings is 1. The van der Waals surface area contributed by atoms with Gasteiger partial charge in [0.1, 0.15) is 5.69 Å². The number of hydrogen-bond acceptors (Lipinski definition) is 5. The van der Waals surface area contributed by atoms with Gasteiger partial charge in [0.25, 0.3) is 0 Å². The molecule has 0 saturated carbocycles. The van der Waals surface area contributed by atoms with Crippen LogP contribution in [-0.4, -0.2) is 36.1 Å². The van der Waals surface area contributed by atoms with Gasteiger partial charge in [-0.1, -0.05) is 12.1 Å². The highest BCUT2D eigenvalue weighted by atomic mass is 32.1. The molecule has 6 aromatic rings. The van der Waals surface area contributed by atoms with E-state index in [0.29, 0.717) is 0 Å². The zero-order valence-corrected chi connectivity index (χ0v) is 17.2. The van der Waals surface area contributed by atoms with Crippen molar-refractivity contribution >= 4 is 38.9 Å². The molecule has 0 amide bonds. The van der Waals surface area contributed by atoms with E-state index in [-0.39, 0.29) is 5.78 Å². The Morgan fingerprint density at radius 2 is 1.97 bits per heavy atom. The number of aromatic amines is 3. The number of nitrogens with one attached hydrogen (secondary N) is 3. The van der Waals surface area contributed by atoms with Crippen LogP contribution in [0.1, 0.15) is 16.6 Å². The molecule has 0 saturated heterocycles. The summed E-state index contributed by atoms with van der Waals surface area (Å²) in [6.07, 6.45) is 5.36. The first-order valence-electron chi connectivity index (χ1n) is 9.74. The Kier molecular flexibility index (Phi) is 3.87. The summed E-state index contributed by atoms with van der Waals surface area (Å²) in [5.41, 5.74) is 6.48. The molecular formula is C23H16N6OS. The fourth-order valence-corrected chi connectivity index (χ4v) is 4.78. The highest BCUT2D eigenvalue weighted by Gasteiger charge is 2.16. The van der Waals surface area contributed by atoms with Crippen molar-refractivity contribution in [1.82, 2.24) is 30.4 Å². The van der Waals surface area contributed by atoms with Gasteiger partial charge in [0.05, 0.1) is 34.2 Å². The second-order valence-corrected chi connectivity index (χ2v) is 8.43. The summed E-state index contributed by atoms with van der Waals surface area (Å²) in [7, 11) is 0. The average Bonchev–Trinajstić information content (AvgIpc) is 3.58. The van der Waals surface area contributed by atoms with Crippen LogP contribution in [0.15, 0.2) is 61.1 Å². The number of hydrogen-bond donors (Lipinski definition) is 3. The van der Waals surface area contributed by atoms with Gasteiger partial charge in [-0.25, -0.2) is 0 Å². The van der Waals surface area contributed by atoms with Crippen LogP contribution in [0.3, 0.4) is 0 Å². The number of fused-ring (bicyclic) bond motifs is 2. The van der Waals surface area contributed by atoms with Crippen LogP contribution >= 0.6 is 11.3 Å². The third-order valence-electron chi connectivity index (χ3n) is 5.38. The summed E-state index contributed by atoms with van der Waals surface area (Å²) in [6.45, 7) is 1.60. The smallest absolute Gasteiger partial charge is 0.169 e. The lowest BCUT2D eigenvalue weighted by Gasteiger charge is -1.99. The predicted octanol–water partition coefficient (Wildman–Crippen LogP) is 5.43. The number of pyridine rings is 1. The van der Waals surface area contributed by atoms with Crippen molar-refractivity contribution < 1.29 is 4.79 Å². The Hall–Kier alpha value is -4.04. The standard InChI is InChI=1S/C23H16N6OS/c1-12(30)21-5-6-22(31-21)14-3-2-4-17-15(14)7-19(27-17)23-16-8-18(13-9-25-26-10-13)24-11-20(16)28-29-23/h2-11,27H,1H3,(H,25,26)(H,28,29). The number of Topliss-reactive ketones (excluding diaryl/α,β-unsaturated/α-hetero) is 1. The van der Waals surface area contributed by atoms with E-state index in [9.17, 15) is 4.79 Å². The fraction of sp³-hybridized carbons (Fsp3) is 0.0435. The Morgan fingerprint density at radius 3 is 2.77 bits per heavy atom. The molecule has 0 spiro atoms. The molecule has 1 aromatic carbocycles. The first-order valence-corrected chi connectivity index (χ1v) is 10.6. The molecule has 31 heavy (non-hydrogen) atoms. The van der Waals surface area contributed by atoms with Crippen LogP contribution in [0, 0.1) is 0 Å². The highest BCUT2D eigenvalue weighted by Crippen LogP contribution is 2.37. The minimum absolute atomic E-state index is 0.0863. The van der Waals surface area contributed by atoms with Crippen molar-refractivity contribution in [3.63, 3.8) is 0 Å². The number of H-pyrrole nitrogens is 3. The van der Waals surface area contributed by atoms with Gasteiger partial charge >= 0.3 is 0 Å². The maximum absolute atomic E-state index is 11.7. The van der Waals surface area contributed by atoms with Gasteiger partial charge in [-0.15, -0.1) is 11.3 Å². The van der Waals surface area contributed by atoms with Gasteiger partial charge in [0.2, 0.25) is 0 Å². The molecule has 150 valence electrons. The van der Waals surface area contributed by atoms with Crippen molar-refractivity contribution in [3.05, 3.63) is 65.9 Å². The summed E-state index contributed by atoms with van der Waals surface area (Å²) in [5, 5.41) is 16.5. The van der Waals surface area contributed by atoms with Gasteiger partial charge in [0.15, 0.2) is 5.78 Å². The summed E-state index contributed by atoms with van der Waals surface area (Å²) in [6, 6.07) is 14.2. The third kappa shape index (κ3) is 2.88. The fourth-order valence-electron chi connectivity index (χ4n) is 3.84. The van der Waals surface area contributed by atoms with E-state index in [0.717, 1.165) is 59.8 Å². The van der Waals surface area contributed by atoms with Crippen molar-refractivity contribution in [1.29, 1.82) is 0 Å². The number of aromatic nitrogens is 6. The van der Waals surface area contributed by atoms with Gasteiger partial charge in [-0.3, -0.25) is 20.0 Å². The molecule has 0 aliphatic carbocycles. The zero-order chi connectivity index (χ0) is 20.9. The second kappa shape index (κ2) is 6.75. The number of carbonyl (C=O) groups excluding carboxylic acids is 1. The van der Waals surface area contributed by atoms with E-state index in [1.54, 1.807) is 19.3 Å². The normalized spacial score (nSPS) is 11.5. The van der Waals surface area contributed by atoms with E-state index in [1.165, 1.54) is 11.3 Å². The molecule has 0 unspecified atom stereocenters. The quantitative estimate of drug-likeness (QED) is 0.328. The Bertz CT molecular complexity index is 1570. The van der Waals surface area contributed by atoms with Crippen LogP contribution < -0.4 is 0 Å². The van der Waals surface area contributed by atoms with Crippen LogP contribution in [0.5, 0.6) is 0 Å². The summed E-state index contributed by atoms with van der Waals surface area (Å²) in [4.78, 5) is 21.6. The van der Waals surface area contributed by atoms with Crippen LogP contribution in [0.4, 0.5) is 0 Å². The maximum Gasteiger partial charge on any atom is 0.169 e. The number of thiophene rings is 1. The van der Waals surface area contributed by atoms with Crippen LogP contribution in [0.2, 0.25) is 0 Å². The predicted molar refractivity (Wildman–Crippen MR) is 122 cm³/mol. The monoisotopic (exact) mass is 424 g/mol. The molecule has 0 radical (unpaired) electrons. The van der Waals surface area contributed by atoms with Crippen LogP contribution in [0.25, 0.3) is 54.9 Å². The Labute approximate surface area is 180 Å². The lowest BCUT2D eigenvalue weighted by molar-refractivity contribution is 0.102. The summed E-state index contributed by atoms with van der Waals surface area (Å²) >= 11 is 1.52. The molecular weight excluding hydrogens is 408 g/mol. The Morgan fingerprint density at radius 1 is 1.03 bits per heavy atom. The van der Waals surface area contributed by atoms with E-state index in [4.69, 9.17) is 0 Å². The van der Waals surface area contributed by atoms with Crippen molar-refractivity contribution in [3.8, 4) is 33.1 Å². The molecule has 3 N–H and O–H groups in total. The van der Waals surface area contributed by atoms with Gasteiger partial charge in [-0.05, 0) is 37.3 Å². The molecule has 0 aliphatic heterocycles. The van der Waals surface area contributed by atoms with Crippen molar-refractivity contribution in [2.24, 2.45) is 0 Å². The molecule has 5 heterocycles. The third-order valence-corrected chi connectivity index (χ3v) is 6.60. The molecule has 0 atom stereocenters. The van der Waals surface area contributed by atoms with Gasteiger partial charge in [-0.2, -0.15) is 10.2 Å². The molecule has 8 heteroatoms.